The third kappa shape index (κ3) is 7.40. The number of hydrogen-bond donors (Lipinski definition) is 3. The minimum Gasteiger partial charge on any atom is -0.369 e. The molecule has 0 aromatic heterocycles. The maximum atomic E-state index is 11.9. The fourth-order valence-electron chi connectivity index (χ4n) is 2.21. The molecule has 0 aliphatic heterocycles. The van der Waals surface area contributed by atoms with Gasteiger partial charge in [-0.2, -0.15) is 0 Å². The minimum atomic E-state index is -0.555. The number of halogens is 2. The van der Waals surface area contributed by atoms with Gasteiger partial charge >= 0.3 is 0 Å². The summed E-state index contributed by atoms with van der Waals surface area (Å²) < 4.78 is 0. The van der Waals surface area contributed by atoms with Crippen LogP contribution in [0.15, 0.2) is 24.3 Å². The SMILES string of the molecule is NCCCNC(=O)C(N)Cc1ccc(N(CCCl)CCCl)cc1. The molecule has 0 saturated heterocycles. The van der Waals surface area contributed by atoms with Gasteiger partial charge in [-0.1, -0.05) is 12.1 Å². The third-order valence-electron chi connectivity index (χ3n) is 3.48. The largest absolute Gasteiger partial charge is 0.369 e. The zero-order chi connectivity index (χ0) is 17.1. The molecule has 1 atom stereocenters. The smallest absolute Gasteiger partial charge is 0.237 e. The first-order valence-corrected chi connectivity index (χ1v) is 8.88. The van der Waals surface area contributed by atoms with Gasteiger partial charge in [0.1, 0.15) is 0 Å². The van der Waals surface area contributed by atoms with Gasteiger partial charge in [0.25, 0.3) is 0 Å². The number of nitrogens with zero attached hydrogens (tertiary/aromatic N) is 1. The average molecular weight is 361 g/mol. The van der Waals surface area contributed by atoms with Crippen molar-refractivity contribution in [3.8, 4) is 0 Å². The first kappa shape index (κ1) is 20.0. The molecule has 5 N–H and O–H groups in total. The molecule has 130 valence electrons. The predicted octanol–water partition coefficient (Wildman–Crippen LogP) is 1.31. The molecule has 1 aromatic rings. The average Bonchev–Trinajstić information content (AvgIpc) is 2.55. The lowest BCUT2D eigenvalue weighted by atomic mass is 10.1. The third-order valence-corrected chi connectivity index (χ3v) is 3.82. The predicted molar refractivity (Wildman–Crippen MR) is 98.5 cm³/mol. The van der Waals surface area contributed by atoms with Crippen molar-refractivity contribution in [2.45, 2.75) is 18.9 Å². The Bertz CT molecular complexity index is 450. The van der Waals surface area contributed by atoms with Crippen molar-refractivity contribution >= 4 is 34.8 Å². The van der Waals surface area contributed by atoms with Crippen molar-refractivity contribution in [2.75, 3.05) is 42.8 Å². The van der Waals surface area contributed by atoms with E-state index < -0.39 is 6.04 Å². The van der Waals surface area contributed by atoms with Crippen LogP contribution >= 0.6 is 23.2 Å². The number of hydrogen-bond acceptors (Lipinski definition) is 4. The highest BCUT2D eigenvalue weighted by molar-refractivity contribution is 6.18. The standard InChI is InChI=1S/C16H26Cl2N4O/c17-6-10-22(11-7-18)14-4-2-13(3-5-14)12-15(20)16(23)21-9-1-8-19/h2-5,15H,1,6-12,19-20H2,(H,21,23). The molecule has 1 amide bonds. The van der Waals surface area contributed by atoms with Gasteiger partial charge in [-0.15, -0.1) is 23.2 Å². The second kappa shape index (κ2) is 11.5. The molecule has 0 heterocycles. The van der Waals surface area contributed by atoms with E-state index in [0.717, 1.165) is 30.8 Å². The number of nitrogens with two attached hydrogens (primary N) is 2. The highest BCUT2D eigenvalue weighted by Crippen LogP contribution is 2.16. The van der Waals surface area contributed by atoms with E-state index in [0.29, 0.717) is 31.3 Å². The molecule has 0 bridgehead atoms. The first-order valence-electron chi connectivity index (χ1n) is 7.81. The van der Waals surface area contributed by atoms with Crippen molar-refractivity contribution in [1.82, 2.24) is 5.32 Å². The summed E-state index contributed by atoms with van der Waals surface area (Å²) in [7, 11) is 0. The van der Waals surface area contributed by atoms with Gasteiger partial charge in [0.05, 0.1) is 6.04 Å². The Labute approximate surface area is 148 Å². The molecular weight excluding hydrogens is 335 g/mol. The minimum absolute atomic E-state index is 0.145. The second-order valence-electron chi connectivity index (χ2n) is 5.28. The first-order chi connectivity index (χ1) is 11.1. The molecule has 0 fully saturated rings. The van der Waals surface area contributed by atoms with Gasteiger partial charge in [0.2, 0.25) is 5.91 Å². The van der Waals surface area contributed by atoms with Crippen LogP contribution in [0.5, 0.6) is 0 Å². The lowest BCUT2D eigenvalue weighted by Gasteiger charge is -2.23. The molecule has 5 nitrogen and oxygen atoms in total. The summed E-state index contributed by atoms with van der Waals surface area (Å²) in [6.45, 7) is 2.61. The van der Waals surface area contributed by atoms with Gasteiger partial charge < -0.3 is 21.7 Å². The molecule has 0 aliphatic rings. The molecule has 23 heavy (non-hydrogen) atoms. The highest BCUT2D eigenvalue weighted by atomic mass is 35.5. The second-order valence-corrected chi connectivity index (χ2v) is 6.03. The summed E-state index contributed by atoms with van der Waals surface area (Å²) >= 11 is 11.6. The van der Waals surface area contributed by atoms with E-state index in [1.54, 1.807) is 0 Å². The molecular formula is C16H26Cl2N4O. The van der Waals surface area contributed by atoms with Gasteiger partial charge in [0.15, 0.2) is 0 Å². The van der Waals surface area contributed by atoms with E-state index in [1.807, 2.05) is 24.3 Å². The molecule has 0 spiro atoms. The van der Waals surface area contributed by atoms with Crippen LogP contribution in [0.3, 0.4) is 0 Å². The maximum absolute atomic E-state index is 11.9. The van der Waals surface area contributed by atoms with E-state index in [2.05, 4.69) is 10.2 Å². The molecule has 1 aromatic carbocycles. The molecule has 1 unspecified atom stereocenters. The van der Waals surface area contributed by atoms with E-state index in [9.17, 15) is 4.79 Å². The van der Waals surface area contributed by atoms with E-state index in [-0.39, 0.29) is 5.91 Å². The van der Waals surface area contributed by atoms with E-state index in [1.165, 1.54) is 0 Å². The van der Waals surface area contributed by atoms with Crippen LogP contribution in [-0.4, -0.2) is 49.9 Å². The summed E-state index contributed by atoms with van der Waals surface area (Å²) in [4.78, 5) is 14.0. The Morgan fingerprint density at radius 1 is 1.17 bits per heavy atom. The van der Waals surface area contributed by atoms with E-state index in [4.69, 9.17) is 34.7 Å². The van der Waals surface area contributed by atoms with Crippen molar-refractivity contribution in [2.24, 2.45) is 11.5 Å². The van der Waals surface area contributed by atoms with Gasteiger partial charge in [-0.05, 0) is 37.1 Å². The Morgan fingerprint density at radius 2 is 1.78 bits per heavy atom. The van der Waals surface area contributed by atoms with Crippen LogP contribution in [0.4, 0.5) is 5.69 Å². The summed E-state index contributed by atoms with van der Waals surface area (Å²) in [5.41, 5.74) is 13.4. The number of anilines is 1. The van der Waals surface area contributed by atoms with E-state index >= 15 is 0 Å². The van der Waals surface area contributed by atoms with Crippen molar-refractivity contribution in [3.05, 3.63) is 29.8 Å². The fraction of sp³-hybridized carbons (Fsp3) is 0.562. The maximum Gasteiger partial charge on any atom is 0.237 e. The highest BCUT2D eigenvalue weighted by Gasteiger charge is 2.13. The molecule has 1 rings (SSSR count). The number of rotatable bonds is 11. The lowest BCUT2D eigenvalue weighted by molar-refractivity contribution is -0.122. The number of benzene rings is 1. The zero-order valence-corrected chi connectivity index (χ0v) is 14.8. The van der Waals surface area contributed by atoms with Crippen LogP contribution < -0.4 is 21.7 Å². The summed E-state index contributed by atoms with van der Waals surface area (Å²) in [6.07, 6.45) is 1.25. The van der Waals surface area contributed by atoms with Crippen LogP contribution in [0, 0.1) is 0 Å². The summed E-state index contributed by atoms with van der Waals surface area (Å²) in [5, 5.41) is 2.79. The topological polar surface area (TPSA) is 84.4 Å². The number of carbonyl (C=O) groups is 1. The van der Waals surface area contributed by atoms with Crippen LogP contribution in [0.2, 0.25) is 0 Å². The quantitative estimate of drug-likeness (QED) is 0.410. The molecule has 7 heteroatoms. The van der Waals surface area contributed by atoms with Gasteiger partial charge in [0, 0.05) is 37.1 Å². The van der Waals surface area contributed by atoms with Gasteiger partial charge in [-0.3, -0.25) is 4.79 Å². The van der Waals surface area contributed by atoms with Crippen molar-refractivity contribution in [1.29, 1.82) is 0 Å². The van der Waals surface area contributed by atoms with Crippen molar-refractivity contribution < 1.29 is 4.79 Å². The Morgan fingerprint density at radius 3 is 2.30 bits per heavy atom. The number of carbonyl (C=O) groups excluding carboxylic acids is 1. The number of nitrogens with one attached hydrogen (secondary N) is 1. The molecule has 0 saturated carbocycles. The normalized spacial score (nSPS) is 12.0. The molecule has 0 radical (unpaired) electrons. The van der Waals surface area contributed by atoms with Crippen LogP contribution in [-0.2, 0) is 11.2 Å². The fourth-order valence-corrected chi connectivity index (χ4v) is 2.62. The summed E-state index contributed by atoms with van der Waals surface area (Å²) in [5.74, 6) is 0.951. The number of alkyl halides is 2. The number of amides is 1. The molecule has 0 aliphatic carbocycles. The zero-order valence-electron chi connectivity index (χ0n) is 13.3. The Hall–Kier alpha value is -1.01. The van der Waals surface area contributed by atoms with Crippen LogP contribution in [0.25, 0.3) is 0 Å². The Balaban J connectivity index is 2.56. The lowest BCUT2D eigenvalue weighted by Crippen LogP contribution is -2.42. The van der Waals surface area contributed by atoms with Crippen LogP contribution in [0.1, 0.15) is 12.0 Å². The summed E-state index contributed by atoms with van der Waals surface area (Å²) in [6, 6.07) is 7.43. The van der Waals surface area contributed by atoms with Crippen molar-refractivity contribution in [3.63, 3.8) is 0 Å². The Kier molecular flexibility index (Phi) is 10.0. The van der Waals surface area contributed by atoms with Gasteiger partial charge in [-0.25, -0.2) is 0 Å². The monoisotopic (exact) mass is 360 g/mol.